The normalized spacial score (nSPS) is 27.8. The highest BCUT2D eigenvalue weighted by Gasteiger charge is 2.37. The lowest BCUT2D eigenvalue weighted by Gasteiger charge is -2.33. The summed E-state index contributed by atoms with van der Waals surface area (Å²) in [5.74, 6) is 1.92. The maximum absolute atomic E-state index is 5.93. The predicted molar refractivity (Wildman–Crippen MR) is 84.3 cm³/mol. The molecule has 2 N–H and O–H groups in total. The molecule has 4 heteroatoms. The Kier molecular flexibility index (Phi) is 3.51. The summed E-state index contributed by atoms with van der Waals surface area (Å²) in [5, 5.41) is 0. The number of quaternary nitrogens is 2. The highest BCUT2D eigenvalue weighted by Crippen LogP contribution is 2.30. The lowest BCUT2D eigenvalue weighted by Crippen LogP contribution is -3.27. The minimum absolute atomic E-state index is 0.347. The van der Waals surface area contributed by atoms with E-state index in [-0.39, 0.29) is 0 Å². The van der Waals surface area contributed by atoms with Gasteiger partial charge in [-0.3, -0.25) is 0 Å². The summed E-state index contributed by atoms with van der Waals surface area (Å²) in [6.07, 6.45) is 2.04. The van der Waals surface area contributed by atoms with Crippen molar-refractivity contribution in [2.75, 3.05) is 33.2 Å². The molecule has 1 saturated heterocycles. The number of aryl methyl sites for hydroxylation is 3. The SMILES string of the molecule is Cc1nc2c(o1)CCc1ccccc1C2[NH+]1CC[NH+](C)CC1. The van der Waals surface area contributed by atoms with Gasteiger partial charge in [0.25, 0.3) is 0 Å². The molecule has 1 atom stereocenters. The molecule has 2 aliphatic rings. The zero-order chi connectivity index (χ0) is 15.1. The average Bonchev–Trinajstić information content (AvgIpc) is 2.82. The summed E-state index contributed by atoms with van der Waals surface area (Å²) >= 11 is 0. The van der Waals surface area contributed by atoms with Crippen LogP contribution in [0.5, 0.6) is 0 Å². The molecule has 4 nitrogen and oxygen atoms in total. The van der Waals surface area contributed by atoms with Gasteiger partial charge in [0.05, 0.1) is 7.05 Å². The number of benzene rings is 1. The van der Waals surface area contributed by atoms with Crippen LogP contribution in [0, 0.1) is 6.92 Å². The molecular formula is C18H25N3O+2. The van der Waals surface area contributed by atoms with Crippen molar-refractivity contribution in [3.8, 4) is 0 Å². The van der Waals surface area contributed by atoms with E-state index in [1.54, 1.807) is 9.80 Å². The van der Waals surface area contributed by atoms with Gasteiger partial charge in [-0.15, -0.1) is 0 Å². The Morgan fingerprint density at radius 1 is 1.09 bits per heavy atom. The number of nitrogens with one attached hydrogen (secondary N) is 2. The zero-order valence-corrected chi connectivity index (χ0v) is 13.5. The summed E-state index contributed by atoms with van der Waals surface area (Å²) in [4.78, 5) is 8.08. The fourth-order valence-corrected chi connectivity index (χ4v) is 4.03. The maximum Gasteiger partial charge on any atom is 0.191 e. The van der Waals surface area contributed by atoms with Crippen LogP contribution in [0.15, 0.2) is 28.7 Å². The molecule has 2 heterocycles. The Labute approximate surface area is 131 Å². The lowest BCUT2D eigenvalue weighted by molar-refractivity contribution is -1.02. The number of aromatic nitrogens is 1. The van der Waals surface area contributed by atoms with Crippen LogP contribution >= 0.6 is 0 Å². The van der Waals surface area contributed by atoms with E-state index in [1.165, 1.54) is 43.0 Å². The van der Waals surface area contributed by atoms with E-state index < -0.39 is 0 Å². The average molecular weight is 299 g/mol. The first kappa shape index (κ1) is 14.0. The number of hydrogen-bond acceptors (Lipinski definition) is 2. The van der Waals surface area contributed by atoms with Crippen LogP contribution in [-0.2, 0) is 12.8 Å². The van der Waals surface area contributed by atoms with E-state index in [0.29, 0.717) is 6.04 Å². The monoisotopic (exact) mass is 299 g/mol. The molecule has 1 aromatic carbocycles. The van der Waals surface area contributed by atoms with Crippen LogP contribution in [0.1, 0.15) is 34.5 Å². The molecule has 0 bridgehead atoms. The number of hydrogen-bond donors (Lipinski definition) is 2. The molecule has 0 amide bonds. The summed E-state index contributed by atoms with van der Waals surface area (Å²) in [6.45, 7) is 6.85. The molecule has 2 aromatic rings. The number of fused-ring (bicyclic) bond motifs is 2. The molecule has 22 heavy (non-hydrogen) atoms. The Balaban J connectivity index is 1.80. The van der Waals surface area contributed by atoms with Gasteiger partial charge in [-0.05, 0) is 12.0 Å². The summed E-state index contributed by atoms with van der Waals surface area (Å²) in [7, 11) is 2.30. The van der Waals surface area contributed by atoms with Gasteiger partial charge in [-0.2, -0.15) is 0 Å². The number of oxazole rings is 1. The standard InChI is InChI=1S/C18H23N3O/c1-13-19-17-16(22-13)8-7-14-5-3-4-6-15(14)18(17)21-11-9-20(2)10-12-21/h3-6,18H,7-12H2,1-2H3/p+2. The summed E-state index contributed by atoms with van der Waals surface area (Å²) in [6, 6.07) is 9.26. The van der Waals surface area contributed by atoms with Gasteiger partial charge in [-0.25, -0.2) is 4.98 Å². The van der Waals surface area contributed by atoms with E-state index in [0.717, 1.165) is 24.5 Å². The number of rotatable bonds is 1. The van der Waals surface area contributed by atoms with Gasteiger partial charge in [0.1, 0.15) is 37.6 Å². The van der Waals surface area contributed by atoms with Crippen molar-refractivity contribution in [2.24, 2.45) is 0 Å². The van der Waals surface area contributed by atoms with E-state index in [2.05, 4.69) is 31.3 Å². The molecule has 1 fully saturated rings. The smallest absolute Gasteiger partial charge is 0.191 e. The maximum atomic E-state index is 5.93. The van der Waals surface area contributed by atoms with Crippen molar-refractivity contribution in [3.63, 3.8) is 0 Å². The predicted octanol–water partition coefficient (Wildman–Crippen LogP) is -0.416. The minimum atomic E-state index is 0.347. The van der Waals surface area contributed by atoms with Gasteiger partial charge in [-0.1, -0.05) is 24.3 Å². The van der Waals surface area contributed by atoms with Crippen molar-refractivity contribution in [1.29, 1.82) is 0 Å². The highest BCUT2D eigenvalue weighted by molar-refractivity contribution is 5.37. The molecule has 1 aliphatic heterocycles. The highest BCUT2D eigenvalue weighted by atomic mass is 16.4. The van der Waals surface area contributed by atoms with Crippen LogP contribution < -0.4 is 9.80 Å². The number of nitrogens with zero attached hydrogens (tertiary/aromatic N) is 1. The zero-order valence-electron chi connectivity index (χ0n) is 13.5. The van der Waals surface area contributed by atoms with Gasteiger partial charge >= 0.3 is 0 Å². The summed E-state index contributed by atoms with van der Waals surface area (Å²) < 4.78 is 5.93. The van der Waals surface area contributed by atoms with Crippen LogP contribution in [0.3, 0.4) is 0 Å². The molecule has 1 aromatic heterocycles. The van der Waals surface area contributed by atoms with Crippen molar-refractivity contribution in [1.82, 2.24) is 4.98 Å². The van der Waals surface area contributed by atoms with Crippen LogP contribution in [0.25, 0.3) is 0 Å². The minimum Gasteiger partial charge on any atom is -0.445 e. The quantitative estimate of drug-likeness (QED) is 0.750. The fourth-order valence-electron chi connectivity index (χ4n) is 4.03. The third-order valence-corrected chi connectivity index (χ3v) is 5.25. The van der Waals surface area contributed by atoms with Crippen LogP contribution in [0.4, 0.5) is 0 Å². The fraction of sp³-hybridized carbons (Fsp3) is 0.500. The third-order valence-electron chi connectivity index (χ3n) is 5.25. The van der Waals surface area contributed by atoms with Crippen molar-refractivity contribution in [2.45, 2.75) is 25.8 Å². The summed E-state index contributed by atoms with van der Waals surface area (Å²) in [5.41, 5.74) is 4.12. The van der Waals surface area contributed by atoms with Crippen molar-refractivity contribution in [3.05, 3.63) is 52.7 Å². The first-order valence-electron chi connectivity index (χ1n) is 8.42. The van der Waals surface area contributed by atoms with Gasteiger partial charge < -0.3 is 14.2 Å². The molecule has 0 radical (unpaired) electrons. The van der Waals surface area contributed by atoms with Crippen LogP contribution in [0.2, 0.25) is 0 Å². The largest absolute Gasteiger partial charge is 0.445 e. The van der Waals surface area contributed by atoms with Gasteiger partial charge in [0, 0.05) is 18.9 Å². The Morgan fingerprint density at radius 3 is 2.68 bits per heavy atom. The Bertz CT molecular complexity index is 671. The van der Waals surface area contributed by atoms with E-state index in [4.69, 9.17) is 9.40 Å². The second-order valence-electron chi connectivity index (χ2n) is 6.79. The van der Waals surface area contributed by atoms with Crippen LogP contribution in [-0.4, -0.2) is 38.2 Å². The molecule has 0 spiro atoms. The number of likely N-dealkylation sites (N-methyl/N-ethyl adjacent to an activating group) is 1. The first-order valence-corrected chi connectivity index (χ1v) is 8.42. The molecule has 116 valence electrons. The number of piperazine rings is 1. The van der Waals surface area contributed by atoms with Gasteiger partial charge in [0.15, 0.2) is 11.9 Å². The van der Waals surface area contributed by atoms with Crippen molar-refractivity contribution < 1.29 is 14.2 Å². The molecule has 1 aliphatic carbocycles. The van der Waals surface area contributed by atoms with Crippen molar-refractivity contribution >= 4 is 0 Å². The first-order chi connectivity index (χ1) is 10.7. The van der Waals surface area contributed by atoms with Gasteiger partial charge in [0.2, 0.25) is 0 Å². The third kappa shape index (κ3) is 2.36. The lowest BCUT2D eigenvalue weighted by atomic mass is 9.97. The topological polar surface area (TPSA) is 34.9 Å². The molecular weight excluding hydrogens is 274 g/mol. The molecule has 1 unspecified atom stereocenters. The Hall–Kier alpha value is -1.65. The van der Waals surface area contributed by atoms with E-state index in [1.807, 2.05) is 6.92 Å². The van der Waals surface area contributed by atoms with E-state index in [9.17, 15) is 0 Å². The van der Waals surface area contributed by atoms with E-state index >= 15 is 0 Å². The second-order valence-corrected chi connectivity index (χ2v) is 6.79. The molecule has 0 saturated carbocycles. The molecule has 4 rings (SSSR count). The second kappa shape index (κ2) is 5.52. The Morgan fingerprint density at radius 2 is 1.86 bits per heavy atom.